The van der Waals surface area contributed by atoms with Crippen molar-refractivity contribution in [2.24, 2.45) is 0 Å². The first-order chi connectivity index (χ1) is 22.8. The summed E-state index contributed by atoms with van der Waals surface area (Å²) in [6.07, 6.45) is -0.850. The van der Waals surface area contributed by atoms with E-state index in [1.54, 1.807) is 20.6 Å². The predicted octanol–water partition coefficient (Wildman–Crippen LogP) is 4.64. The minimum Gasteiger partial charge on any atom is -0.397 e. The minimum absolute atomic E-state index is 0.127. The number of nitrogens with zero attached hydrogens (tertiary/aromatic N) is 5. The standard InChI is InChI=1S/C33H38ClF3N8O3/c1-42(2)20-7-11-43(12-8-20)30(46)26(17-19-15-23(33(35,36)37)28(38)24(34)16-19)40-31(47)44-13-9-21(10-14-44)45-27-18-39-25-6-4-3-5-22(25)29(27)41-32(45)48/h3-6,15-16,18,20-21,26H,7-14,17,38H2,1-2H3,(H,40,47)(H,41,48)/t26-/m1/s1. The third kappa shape index (κ3) is 6.68. The number of urea groups is 1. The maximum Gasteiger partial charge on any atom is 0.418 e. The molecule has 1 atom stereocenters. The maximum atomic E-state index is 13.8. The molecule has 6 rings (SSSR count). The average Bonchev–Trinajstić information content (AvgIpc) is 3.41. The number of piperidine rings is 2. The average molecular weight is 687 g/mol. The second kappa shape index (κ2) is 13.3. The summed E-state index contributed by atoms with van der Waals surface area (Å²) in [6, 6.07) is 8.20. The van der Waals surface area contributed by atoms with Gasteiger partial charge in [0.05, 0.1) is 39.0 Å². The Labute approximate surface area is 279 Å². The molecule has 2 aromatic heterocycles. The monoisotopic (exact) mass is 686 g/mol. The van der Waals surface area contributed by atoms with Crippen LogP contribution in [0.4, 0.5) is 23.7 Å². The van der Waals surface area contributed by atoms with Crippen LogP contribution < -0.4 is 16.7 Å². The van der Waals surface area contributed by atoms with Crippen molar-refractivity contribution in [3.05, 3.63) is 69.2 Å². The molecule has 0 saturated carbocycles. The van der Waals surface area contributed by atoms with Gasteiger partial charge in [0.2, 0.25) is 5.91 Å². The number of likely N-dealkylation sites (tertiary alicyclic amines) is 2. The van der Waals surface area contributed by atoms with Gasteiger partial charge < -0.3 is 30.7 Å². The molecule has 0 bridgehead atoms. The summed E-state index contributed by atoms with van der Waals surface area (Å²) in [5.41, 5.74) is 5.99. The number of rotatable bonds is 6. The van der Waals surface area contributed by atoms with Crippen LogP contribution in [0, 0.1) is 0 Å². The highest BCUT2D eigenvalue weighted by molar-refractivity contribution is 6.33. The summed E-state index contributed by atoms with van der Waals surface area (Å²) in [6.45, 7) is 1.52. The number of aromatic amines is 1. The highest BCUT2D eigenvalue weighted by Gasteiger charge is 2.36. The van der Waals surface area contributed by atoms with Gasteiger partial charge in [-0.2, -0.15) is 13.2 Å². The third-order valence-corrected chi connectivity index (χ3v) is 9.93. The van der Waals surface area contributed by atoms with E-state index in [1.165, 1.54) is 6.07 Å². The minimum atomic E-state index is -4.75. The fourth-order valence-corrected chi connectivity index (χ4v) is 7.18. The van der Waals surface area contributed by atoms with Crippen LogP contribution in [0.3, 0.4) is 0 Å². The highest BCUT2D eigenvalue weighted by atomic mass is 35.5. The number of alkyl halides is 3. The molecule has 48 heavy (non-hydrogen) atoms. The zero-order valence-corrected chi connectivity index (χ0v) is 27.4. The molecule has 4 aromatic rings. The van der Waals surface area contributed by atoms with Gasteiger partial charge in [0.15, 0.2) is 0 Å². The largest absolute Gasteiger partial charge is 0.418 e. The summed E-state index contributed by atoms with van der Waals surface area (Å²) < 4.78 is 42.9. The topological polar surface area (TPSA) is 133 Å². The second-order valence-corrected chi connectivity index (χ2v) is 13.2. The number of pyridine rings is 1. The van der Waals surface area contributed by atoms with E-state index in [9.17, 15) is 27.6 Å². The van der Waals surface area contributed by atoms with Crippen molar-refractivity contribution in [1.82, 2.24) is 34.6 Å². The number of carbonyl (C=O) groups is 2. The van der Waals surface area contributed by atoms with Crippen LogP contribution in [0.1, 0.15) is 42.9 Å². The van der Waals surface area contributed by atoms with E-state index in [1.807, 2.05) is 38.4 Å². The van der Waals surface area contributed by atoms with E-state index >= 15 is 0 Å². The number of para-hydroxylation sites is 1. The lowest BCUT2D eigenvalue weighted by Crippen LogP contribution is -2.56. The number of hydrogen-bond donors (Lipinski definition) is 3. The number of amides is 3. The van der Waals surface area contributed by atoms with Crippen LogP contribution in [0.5, 0.6) is 0 Å². The van der Waals surface area contributed by atoms with Crippen molar-refractivity contribution >= 4 is 51.2 Å². The van der Waals surface area contributed by atoms with Gasteiger partial charge in [-0.25, -0.2) is 9.59 Å². The van der Waals surface area contributed by atoms with Gasteiger partial charge in [0, 0.05) is 50.1 Å². The fraction of sp³-hybridized carbons (Fsp3) is 0.455. The highest BCUT2D eigenvalue weighted by Crippen LogP contribution is 2.38. The number of nitrogen functional groups attached to an aromatic ring is 1. The molecule has 2 aliphatic rings. The van der Waals surface area contributed by atoms with Gasteiger partial charge in [-0.3, -0.25) is 14.3 Å². The Morgan fingerprint density at radius 3 is 2.42 bits per heavy atom. The normalized spacial score (nSPS) is 17.4. The van der Waals surface area contributed by atoms with Gasteiger partial charge in [-0.15, -0.1) is 0 Å². The summed E-state index contributed by atoms with van der Waals surface area (Å²) >= 11 is 6.09. The van der Waals surface area contributed by atoms with Gasteiger partial charge in [-0.05, 0) is 63.5 Å². The molecule has 4 N–H and O–H groups in total. The number of nitrogens with one attached hydrogen (secondary N) is 2. The van der Waals surface area contributed by atoms with Crippen LogP contribution in [-0.2, 0) is 17.4 Å². The molecular formula is C33H38ClF3N8O3. The lowest BCUT2D eigenvalue weighted by molar-refractivity contribution is -0.137. The summed E-state index contributed by atoms with van der Waals surface area (Å²) in [4.78, 5) is 53.4. The predicted molar refractivity (Wildman–Crippen MR) is 178 cm³/mol. The van der Waals surface area contributed by atoms with Crippen LogP contribution in [0.2, 0.25) is 5.02 Å². The van der Waals surface area contributed by atoms with E-state index in [2.05, 4.69) is 20.2 Å². The van der Waals surface area contributed by atoms with Crippen LogP contribution in [-0.4, -0.2) is 93.5 Å². The number of imidazole rings is 1. The number of halogens is 4. The number of aromatic nitrogens is 3. The van der Waals surface area contributed by atoms with Crippen molar-refractivity contribution in [2.75, 3.05) is 46.0 Å². The maximum absolute atomic E-state index is 13.8. The number of benzene rings is 2. The van der Waals surface area contributed by atoms with Crippen molar-refractivity contribution < 1.29 is 22.8 Å². The SMILES string of the molecule is CN(C)C1CCN(C(=O)[C@@H](Cc2cc(Cl)c(N)c(C(F)(F)F)c2)NC(=O)N2CCC(n3c(=O)[nH]c4c5ccccc5ncc43)CC2)CC1. The van der Waals surface area contributed by atoms with Gasteiger partial charge in [0.1, 0.15) is 6.04 Å². The van der Waals surface area contributed by atoms with Crippen molar-refractivity contribution in [3.63, 3.8) is 0 Å². The number of carbonyl (C=O) groups excluding carboxylic acids is 2. The zero-order chi connectivity index (χ0) is 34.3. The van der Waals surface area contributed by atoms with Crippen LogP contribution in [0.15, 0.2) is 47.4 Å². The van der Waals surface area contributed by atoms with Crippen molar-refractivity contribution in [3.8, 4) is 0 Å². The Morgan fingerprint density at radius 2 is 1.75 bits per heavy atom. The second-order valence-electron chi connectivity index (χ2n) is 12.8. The summed E-state index contributed by atoms with van der Waals surface area (Å²) in [7, 11) is 3.95. The first-order valence-electron chi connectivity index (χ1n) is 16.0. The number of nitrogens with two attached hydrogens (primary N) is 1. The summed E-state index contributed by atoms with van der Waals surface area (Å²) in [5, 5.41) is 3.38. The molecule has 15 heteroatoms. The molecule has 2 aromatic carbocycles. The van der Waals surface area contributed by atoms with E-state index in [0.717, 1.165) is 29.8 Å². The van der Waals surface area contributed by atoms with Crippen molar-refractivity contribution in [2.45, 2.75) is 56.4 Å². The van der Waals surface area contributed by atoms with Gasteiger partial charge in [0.25, 0.3) is 0 Å². The number of fused-ring (bicyclic) bond motifs is 3. The van der Waals surface area contributed by atoms with E-state index < -0.39 is 29.5 Å². The van der Waals surface area contributed by atoms with E-state index in [4.69, 9.17) is 17.3 Å². The number of hydrogen-bond acceptors (Lipinski definition) is 6. The molecular weight excluding hydrogens is 649 g/mol. The molecule has 2 fully saturated rings. The third-order valence-electron chi connectivity index (χ3n) is 9.62. The summed E-state index contributed by atoms with van der Waals surface area (Å²) in [5.74, 6) is -0.373. The molecule has 3 amide bonds. The number of H-pyrrole nitrogens is 1. The van der Waals surface area contributed by atoms with Crippen LogP contribution >= 0.6 is 11.6 Å². The molecule has 2 saturated heterocycles. The Bertz CT molecular complexity index is 1890. The molecule has 0 spiro atoms. The molecule has 2 aliphatic heterocycles. The molecule has 0 unspecified atom stereocenters. The quantitative estimate of drug-likeness (QED) is 0.253. The smallest absolute Gasteiger partial charge is 0.397 e. The molecule has 256 valence electrons. The molecule has 11 nitrogen and oxygen atoms in total. The first kappa shape index (κ1) is 33.6. The Hall–Kier alpha value is -4.30. The van der Waals surface area contributed by atoms with Gasteiger partial charge >= 0.3 is 17.9 Å². The van der Waals surface area contributed by atoms with Crippen LogP contribution in [0.25, 0.3) is 21.9 Å². The van der Waals surface area contributed by atoms with E-state index in [-0.39, 0.29) is 34.6 Å². The molecule has 0 aliphatic carbocycles. The molecule has 4 heterocycles. The van der Waals surface area contributed by atoms with Gasteiger partial charge in [-0.1, -0.05) is 29.8 Å². The first-order valence-corrected chi connectivity index (χ1v) is 16.3. The lowest BCUT2D eigenvalue weighted by atomic mass is 9.99. The molecule has 0 radical (unpaired) electrons. The zero-order valence-electron chi connectivity index (χ0n) is 26.7. The Kier molecular flexibility index (Phi) is 9.31. The number of anilines is 1. The Morgan fingerprint density at radius 1 is 1.08 bits per heavy atom. The van der Waals surface area contributed by atoms with Crippen molar-refractivity contribution in [1.29, 1.82) is 0 Å². The fourth-order valence-electron chi connectivity index (χ4n) is 6.94. The Balaban J connectivity index is 1.19. The lowest BCUT2D eigenvalue weighted by Gasteiger charge is -2.38. The van der Waals surface area contributed by atoms with E-state index in [0.29, 0.717) is 56.1 Å².